The van der Waals surface area contributed by atoms with Gasteiger partial charge in [0, 0.05) is 11.6 Å². The Hall–Kier alpha value is -2.94. The Balaban J connectivity index is 0.000000696. The molecule has 0 radical (unpaired) electrons. The summed E-state index contributed by atoms with van der Waals surface area (Å²) in [6, 6.07) is 12.0. The van der Waals surface area contributed by atoms with Gasteiger partial charge in [-0.15, -0.1) is 10.2 Å². The van der Waals surface area contributed by atoms with Crippen LogP contribution in [0.3, 0.4) is 0 Å². The number of ether oxygens (including phenoxy) is 2. The van der Waals surface area contributed by atoms with Crippen LogP contribution < -0.4 is 33.4 Å². The Labute approximate surface area is 163 Å². The number of diazo groups is 1. The molecule has 0 aliphatic carbocycles. The first-order valence-corrected chi connectivity index (χ1v) is 9.19. The van der Waals surface area contributed by atoms with Crippen molar-refractivity contribution in [1.82, 2.24) is 0 Å². The third-order valence-corrected chi connectivity index (χ3v) is 3.05. The van der Waals surface area contributed by atoms with Crippen LogP contribution in [0.1, 0.15) is 24.2 Å². The van der Waals surface area contributed by atoms with Crippen LogP contribution in [0.5, 0.6) is 11.5 Å². The number of nitrogens with zero attached hydrogens (tertiary/aromatic N) is 2. The van der Waals surface area contributed by atoms with E-state index in [9.17, 15) is 4.79 Å². The zero-order valence-corrected chi connectivity index (χ0v) is 15.8. The number of nitrogens with one attached hydrogen (secondary N) is 1. The molecular weight excluding hydrogens is 394 g/mol. The highest BCUT2D eigenvalue weighted by molar-refractivity contribution is 6.05. The van der Waals surface area contributed by atoms with Crippen molar-refractivity contribution in [2.45, 2.75) is 13.8 Å². The molecule has 150 valence electrons. The number of carbonyl (C=O) groups is 1. The van der Waals surface area contributed by atoms with Gasteiger partial charge >= 0.3 is 5.69 Å². The molecule has 10 nitrogen and oxygen atoms in total. The lowest BCUT2D eigenvalue weighted by molar-refractivity contribution is -2.00. The molecule has 0 saturated carbocycles. The molecule has 0 saturated heterocycles. The van der Waals surface area contributed by atoms with E-state index < -0.39 is 10.2 Å². The van der Waals surface area contributed by atoms with Gasteiger partial charge in [-0.3, -0.25) is 4.79 Å². The standard InChI is InChI=1S/C17H17N3O3.ClHO4/c1-3-22-15-11-14(20-18)16(23-4-2)10-13(15)19-17(21)12-8-6-5-7-9-12;2-1(3,4)5/h5-11H,3-4H2,1-2H3;(H,2,3,4,5). The maximum absolute atomic E-state index is 12.3. The zero-order chi connectivity index (χ0) is 21.2. The number of hydrogen-bond donors (Lipinski definition) is 1. The van der Waals surface area contributed by atoms with Gasteiger partial charge in [0.15, 0.2) is 10.7 Å². The molecule has 0 unspecified atom stereocenters. The quantitative estimate of drug-likeness (QED) is 0.618. The molecule has 0 heterocycles. The van der Waals surface area contributed by atoms with E-state index in [0.717, 1.165) is 0 Å². The monoisotopic (exact) mass is 411 g/mol. The predicted octanol–water partition coefficient (Wildman–Crippen LogP) is -0.535. The molecule has 1 amide bonds. The Kier molecular flexibility index (Phi) is 9.10. The van der Waals surface area contributed by atoms with Crippen molar-refractivity contribution in [3.05, 3.63) is 53.0 Å². The number of rotatable bonds is 6. The van der Waals surface area contributed by atoms with Crippen molar-refractivity contribution in [1.29, 1.82) is 5.39 Å². The minimum absolute atomic E-state index is 0.244. The molecule has 0 fully saturated rings. The molecule has 28 heavy (non-hydrogen) atoms. The number of benzene rings is 2. The third kappa shape index (κ3) is 8.17. The molecule has 11 heteroatoms. The van der Waals surface area contributed by atoms with Crippen LogP contribution in [-0.4, -0.2) is 19.1 Å². The minimum atomic E-state index is -4.94. The van der Waals surface area contributed by atoms with E-state index in [2.05, 4.69) is 10.3 Å². The highest BCUT2D eigenvalue weighted by Gasteiger charge is 2.22. The van der Waals surface area contributed by atoms with Crippen molar-refractivity contribution in [2.75, 3.05) is 18.5 Å². The van der Waals surface area contributed by atoms with Crippen LogP contribution >= 0.6 is 0 Å². The molecule has 0 bridgehead atoms. The highest BCUT2D eigenvalue weighted by atomic mass is 35.7. The van der Waals surface area contributed by atoms with Gasteiger partial charge in [0.25, 0.3) is 5.91 Å². The number of hydrogen-bond acceptors (Lipinski definition) is 8. The summed E-state index contributed by atoms with van der Waals surface area (Å²) >= 11 is 0. The lowest BCUT2D eigenvalue weighted by atomic mass is 10.2. The minimum Gasteiger partial charge on any atom is -0.491 e. The number of carbonyl (C=O) groups excluding carboxylic acids is 1. The van der Waals surface area contributed by atoms with Gasteiger partial charge in [-0.25, -0.2) is 18.6 Å². The summed E-state index contributed by atoms with van der Waals surface area (Å²) in [5, 5.41) is 11.9. The Morgan fingerprint density at radius 3 is 2.07 bits per heavy atom. The third-order valence-electron chi connectivity index (χ3n) is 3.05. The maximum atomic E-state index is 12.3. The van der Waals surface area contributed by atoms with E-state index in [-0.39, 0.29) is 11.6 Å². The number of amides is 1. The lowest BCUT2D eigenvalue weighted by Crippen LogP contribution is -2.68. The van der Waals surface area contributed by atoms with Gasteiger partial charge in [0.05, 0.1) is 25.0 Å². The van der Waals surface area contributed by atoms with Gasteiger partial charge in [-0.05, 0) is 26.0 Å². The van der Waals surface area contributed by atoms with Crippen LogP contribution in [0.25, 0.3) is 4.98 Å². The van der Waals surface area contributed by atoms with Crippen LogP contribution in [-0.2, 0) is 0 Å². The molecule has 1 N–H and O–H groups in total. The molecular formula is C17H18ClN3O7. The summed E-state index contributed by atoms with van der Waals surface area (Å²) < 4.78 is 44.9. The second-order valence-corrected chi connectivity index (χ2v) is 5.74. The molecule has 0 aliphatic heterocycles. The van der Waals surface area contributed by atoms with Crippen molar-refractivity contribution >= 4 is 17.3 Å². The van der Waals surface area contributed by atoms with E-state index in [1.807, 2.05) is 19.9 Å². The summed E-state index contributed by atoms with van der Waals surface area (Å²) in [5.74, 6) is 0.512. The highest BCUT2D eigenvalue weighted by Crippen LogP contribution is 2.38. The van der Waals surface area contributed by atoms with Crippen LogP contribution in [0, 0.1) is 15.6 Å². The van der Waals surface area contributed by atoms with E-state index >= 15 is 0 Å². The fourth-order valence-corrected chi connectivity index (χ4v) is 2.06. The van der Waals surface area contributed by atoms with Crippen LogP contribution in [0.4, 0.5) is 11.4 Å². The first-order chi connectivity index (χ1) is 13.2. The van der Waals surface area contributed by atoms with Crippen molar-refractivity contribution < 1.29 is 43.1 Å². The predicted molar refractivity (Wildman–Crippen MR) is 87.9 cm³/mol. The van der Waals surface area contributed by atoms with Crippen LogP contribution in [0.2, 0.25) is 0 Å². The molecule has 2 aromatic rings. The zero-order valence-electron chi connectivity index (χ0n) is 15.1. The fraction of sp³-hybridized carbons (Fsp3) is 0.235. The average molecular weight is 412 g/mol. The lowest BCUT2D eigenvalue weighted by Gasteiger charge is -2.17. The Bertz CT molecular complexity index is 814. The molecule has 0 atom stereocenters. The Morgan fingerprint density at radius 1 is 1.04 bits per heavy atom. The van der Waals surface area contributed by atoms with E-state index in [1.54, 1.807) is 30.3 Å². The summed E-state index contributed by atoms with van der Waals surface area (Å²) in [6.07, 6.45) is 0. The van der Waals surface area contributed by atoms with Crippen LogP contribution in [0.15, 0.2) is 42.5 Å². The molecule has 2 aromatic carbocycles. The Morgan fingerprint density at radius 2 is 1.57 bits per heavy atom. The van der Waals surface area contributed by atoms with E-state index in [1.165, 1.54) is 6.07 Å². The first kappa shape index (κ1) is 23.1. The average Bonchev–Trinajstić information content (AvgIpc) is 2.63. The smallest absolute Gasteiger partial charge is 0.430 e. The second-order valence-electron chi connectivity index (χ2n) is 4.98. The molecule has 0 spiro atoms. The summed E-state index contributed by atoms with van der Waals surface area (Å²) in [7, 11) is -4.94. The molecule has 2 rings (SSSR count). The van der Waals surface area contributed by atoms with Crippen molar-refractivity contribution in [3.63, 3.8) is 0 Å². The first-order valence-electron chi connectivity index (χ1n) is 7.96. The number of halogens is 1. The van der Waals surface area contributed by atoms with Gasteiger partial charge in [-0.2, -0.15) is 0 Å². The number of anilines is 1. The van der Waals surface area contributed by atoms with E-state index in [4.69, 9.17) is 33.5 Å². The molecule has 0 aliphatic rings. The van der Waals surface area contributed by atoms with Crippen molar-refractivity contribution in [3.8, 4) is 11.5 Å². The summed E-state index contributed by atoms with van der Waals surface area (Å²) in [5.41, 5.74) is 1.23. The van der Waals surface area contributed by atoms with Gasteiger partial charge in [0.1, 0.15) is 0 Å². The van der Waals surface area contributed by atoms with Gasteiger partial charge in [0.2, 0.25) is 11.1 Å². The van der Waals surface area contributed by atoms with Gasteiger partial charge in [-0.1, -0.05) is 18.2 Å². The maximum Gasteiger partial charge on any atom is 0.430 e. The largest absolute Gasteiger partial charge is 0.491 e. The van der Waals surface area contributed by atoms with Crippen molar-refractivity contribution in [2.24, 2.45) is 0 Å². The normalized spacial score (nSPS) is 10.2. The molecule has 0 aromatic heterocycles. The van der Waals surface area contributed by atoms with Gasteiger partial charge < -0.3 is 14.8 Å². The summed E-state index contributed by atoms with van der Waals surface area (Å²) in [4.78, 5) is 15.5. The topological polar surface area (TPSA) is 168 Å². The van der Waals surface area contributed by atoms with E-state index in [0.29, 0.717) is 36.0 Å². The fourth-order valence-electron chi connectivity index (χ4n) is 2.06. The second kappa shape index (κ2) is 11.0. The summed E-state index contributed by atoms with van der Waals surface area (Å²) in [6.45, 7) is 4.46. The SMILES string of the molecule is CCOc1cc(NC(=O)c2ccccc2)c(OCC)cc1[N+]#N.[O-][Cl+3]([O-])([O-])[O-].